The average Bonchev–Trinajstić information content (AvgIpc) is 2.00. The van der Waals surface area contributed by atoms with Crippen LogP contribution >= 0.6 is 15.9 Å². The highest BCUT2D eigenvalue weighted by atomic mass is 79.9. The summed E-state index contributed by atoms with van der Waals surface area (Å²) in [4.78, 5) is 9.68. The number of nitrogens with zero attached hydrogens (tertiary/aromatic N) is 1. The Morgan fingerprint density at radius 1 is 1.58 bits per heavy atom. The second-order valence-corrected chi connectivity index (χ2v) is 3.11. The van der Waals surface area contributed by atoms with E-state index in [9.17, 15) is 15.2 Å². The van der Waals surface area contributed by atoms with Gasteiger partial charge in [0.1, 0.15) is 0 Å². The fourth-order valence-corrected chi connectivity index (χ4v) is 1.14. The number of benzene rings is 1. The van der Waals surface area contributed by atoms with E-state index in [1.54, 1.807) is 13.0 Å². The quantitative estimate of drug-likeness (QED) is 0.597. The summed E-state index contributed by atoms with van der Waals surface area (Å²) in [5.74, 6) is -0.319. The van der Waals surface area contributed by atoms with Gasteiger partial charge in [-0.3, -0.25) is 10.1 Å². The third-order valence-corrected chi connectivity index (χ3v) is 2.49. The Morgan fingerprint density at radius 3 is 2.67 bits per heavy atom. The monoisotopic (exact) mass is 231 g/mol. The molecule has 0 aliphatic carbocycles. The van der Waals surface area contributed by atoms with Crippen LogP contribution in [-0.4, -0.2) is 10.0 Å². The molecule has 0 aromatic heterocycles. The number of aromatic hydroxyl groups is 1. The average molecular weight is 232 g/mol. The highest BCUT2D eigenvalue weighted by Crippen LogP contribution is 2.35. The van der Waals surface area contributed by atoms with Gasteiger partial charge in [0, 0.05) is 6.07 Å². The molecule has 0 amide bonds. The van der Waals surface area contributed by atoms with Crippen LogP contribution in [0.2, 0.25) is 0 Å². The summed E-state index contributed by atoms with van der Waals surface area (Å²) < 4.78 is 0.372. The van der Waals surface area contributed by atoms with Crippen molar-refractivity contribution >= 4 is 21.6 Å². The molecule has 12 heavy (non-hydrogen) atoms. The number of hydrogen-bond donors (Lipinski definition) is 1. The maximum Gasteiger partial charge on any atom is 0.311 e. The molecule has 1 N–H and O–H groups in total. The normalized spacial score (nSPS) is 9.83. The largest absolute Gasteiger partial charge is 0.501 e. The SMILES string of the molecule is Cc1ccc([N+](=O)[O-])c(O)c1Br. The molecule has 0 atom stereocenters. The van der Waals surface area contributed by atoms with Crippen LogP contribution in [0.15, 0.2) is 16.6 Å². The van der Waals surface area contributed by atoms with Crippen molar-refractivity contribution in [1.82, 2.24) is 0 Å². The van der Waals surface area contributed by atoms with Gasteiger partial charge in [0.15, 0.2) is 0 Å². The van der Waals surface area contributed by atoms with E-state index in [4.69, 9.17) is 0 Å². The number of phenolic OH excluding ortho intramolecular Hbond substituents is 1. The number of nitro groups is 1. The van der Waals surface area contributed by atoms with Crippen LogP contribution in [0.25, 0.3) is 0 Å². The number of aryl methyl sites for hydroxylation is 1. The molecule has 64 valence electrons. The van der Waals surface area contributed by atoms with Crippen LogP contribution < -0.4 is 0 Å². The molecule has 0 radical (unpaired) electrons. The zero-order valence-corrected chi connectivity index (χ0v) is 7.83. The van der Waals surface area contributed by atoms with Crippen molar-refractivity contribution in [3.63, 3.8) is 0 Å². The van der Waals surface area contributed by atoms with E-state index in [-0.39, 0.29) is 11.4 Å². The molecular weight excluding hydrogens is 226 g/mol. The van der Waals surface area contributed by atoms with Gasteiger partial charge in [-0.1, -0.05) is 6.07 Å². The van der Waals surface area contributed by atoms with E-state index >= 15 is 0 Å². The standard InChI is InChI=1S/C7H6BrNO3/c1-4-2-3-5(9(11)12)7(10)6(4)8/h2-3,10H,1H3. The Balaban J connectivity index is 3.36. The Labute approximate surface area is 77.1 Å². The van der Waals surface area contributed by atoms with Gasteiger partial charge in [-0.15, -0.1) is 0 Å². The molecule has 0 bridgehead atoms. The molecule has 1 rings (SSSR count). The van der Waals surface area contributed by atoms with Crippen molar-refractivity contribution in [2.24, 2.45) is 0 Å². The summed E-state index contributed by atoms with van der Waals surface area (Å²) >= 11 is 3.04. The van der Waals surface area contributed by atoms with Crippen molar-refractivity contribution in [2.75, 3.05) is 0 Å². The number of hydrogen-bond acceptors (Lipinski definition) is 3. The lowest BCUT2D eigenvalue weighted by atomic mass is 10.2. The van der Waals surface area contributed by atoms with Crippen LogP contribution in [-0.2, 0) is 0 Å². The highest BCUT2D eigenvalue weighted by molar-refractivity contribution is 9.10. The van der Waals surface area contributed by atoms with Crippen LogP contribution in [0.1, 0.15) is 5.56 Å². The van der Waals surface area contributed by atoms with Crippen LogP contribution in [0, 0.1) is 17.0 Å². The van der Waals surface area contributed by atoms with Crippen molar-refractivity contribution in [1.29, 1.82) is 0 Å². The molecule has 0 fully saturated rings. The predicted octanol–water partition coefficient (Wildman–Crippen LogP) is 2.37. The summed E-state index contributed by atoms with van der Waals surface area (Å²) in [6.45, 7) is 1.74. The Hall–Kier alpha value is -1.10. The van der Waals surface area contributed by atoms with Gasteiger partial charge >= 0.3 is 5.69 Å². The molecular formula is C7H6BrNO3. The minimum Gasteiger partial charge on any atom is -0.501 e. The molecule has 0 saturated carbocycles. The van der Waals surface area contributed by atoms with E-state index in [0.29, 0.717) is 4.47 Å². The van der Waals surface area contributed by atoms with Crippen LogP contribution in [0.5, 0.6) is 5.75 Å². The first-order valence-corrected chi connectivity index (χ1v) is 3.96. The summed E-state index contributed by atoms with van der Waals surface area (Å²) in [5, 5.41) is 19.6. The van der Waals surface area contributed by atoms with E-state index in [1.165, 1.54) is 6.07 Å². The number of nitro benzene ring substituents is 1. The van der Waals surface area contributed by atoms with E-state index in [2.05, 4.69) is 15.9 Å². The minimum absolute atomic E-state index is 0.285. The molecule has 0 aliphatic rings. The Kier molecular flexibility index (Phi) is 2.32. The fraction of sp³-hybridized carbons (Fsp3) is 0.143. The molecule has 0 unspecified atom stereocenters. The molecule has 0 heterocycles. The number of halogens is 1. The molecule has 1 aromatic carbocycles. The number of rotatable bonds is 1. The summed E-state index contributed by atoms with van der Waals surface area (Å²) in [5.41, 5.74) is 0.477. The molecule has 0 saturated heterocycles. The van der Waals surface area contributed by atoms with Crippen LogP contribution in [0.4, 0.5) is 5.69 Å². The third kappa shape index (κ3) is 1.40. The second kappa shape index (κ2) is 3.10. The third-order valence-electron chi connectivity index (χ3n) is 1.48. The van der Waals surface area contributed by atoms with Gasteiger partial charge < -0.3 is 5.11 Å². The van der Waals surface area contributed by atoms with Gasteiger partial charge in [-0.05, 0) is 28.4 Å². The minimum atomic E-state index is -0.625. The van der Waals surface area contributed by atoms with Crippen molar-refractivity contribution < 1.29 is 10.0 Å². The molecule has 1 aromatic rings. The maximum atomic E-state index is 10.3. The first-order chi connectivity index (χ1) is 5.54. The topological polar surface area (TPSA) is 63.4 Å². The lowest BCUT2D eigenvalue weighted by Gasteiger charge is -2.00. The first-order valence-electron chi connectivity index (χ1n) is 3.16. The van der Waals surface area contributed by atoms with Crippen LogP contribution in [0.3, 0.4) is 0 Å². The van der Waals surface area contributed by atoms with Crippen molar-refractivity contribution in [3.8, 4) is 5.75 Å². The zero-order valence-electron chi connectivity index (χ0n) is 6.24. The van der Waals surface area contributed by atoms with Gasteiger partial charge in [0.05, 0.1) is 9.40 Å². The molecule has 4 nitrogen and oxygen atoms in total. The predicted molar refractivity (Wildman–Crippen MR) is 47.2 cm³/mol. The highest BCUT2D eigenvalue weighted by Gasteiger charge is 2.16. The molecule has 5 heteroatoms. The van der Waals surface area contributed by atoms with Gasteiger partial charge in [-0.2, -0.15) is 0 Å². The van der Waals surface area contributed by atoms with Gasteiger partial charge in [-0.25, -0.2) is 0 Å². The van der Waals surface area contributed by atoms with Crippen molar-refractivity contribution in [2.45, 2.75) is 6.92 Å². The van der Waals surface area contributed by atoms with E-state index < -0.39 is 4.92 Å². The summed E-state index contributed by atoms with van der Waals surface area (Å²) in [6.07, 6.45) is 0. The van der Waals surface area contributed by atoms with Gasteiger partial charge in [0.2, 0.25) is 5.75 Å². The number of phenols is 1. The summed E-state index contributed by atoms with van der Waals surface area (Å²) in [6, 6.07) is 2.84. The summed E-state index contributed by atoms with van der Waals surface area (Å²) in [7, 11) is 0. The lowest BCUT2D eigenvalue weighted by Crippen LogP contribution is -1.89. The lowest BCUT2D eigenvalue weighted by molar-refractivity contribution is -0.386. The maximum absolute atomic E-state index is 10.3. The fourth-order valence-electron chi connectivity index (χ4n) is 0.803. The second-order valence-electron chi connectivity index (χ2n) is 2.32. The first kappa shape index (κ1) is 8.99. The molecule has 0 aliphatic heterocycles. The Morgan fingerprint density at radius 2 is 2.17 bits per heavy atom. The van der Waals surface area contributed by atoms with Gasteiger partial charge in [0.25, 0.3) is 0 Å². The van der Waals surface area contributed by atoms with E-state index in [1.807, 2.05) is 0 Å². The Bertz CT molecular complexity index is 338. The smallest absolute Gasteiger partial charge is 0.311 e. The zero-order chi connectivity index (χ0) is 9.30. The van der Waals surface area contributed by atoms with Crippen molar-refractivity contribution in [3.05, 3.63) is 32.3 Å². The van der Waals surface area contributed by atoms with E-state index in [0.717, 1.165) is 5.56 Å². The molecule has 0 spiro atoms.